The molecule has 0 aliphatic rings. The molecule has 5 nitrogen and oxygen atoms in total. The Morgan fingerprint density at radius 3 is 2.71 bits per heavy atom. The highest BCUT2D eigenvalue weighted by Crippen LogP contribution is 2.21. The zero-order valence-electron chi connectivity index (χ0n) is 12.7. The molecular formula is C18H12FN3O2. The third kappa shape index (κ3) is 2.38. The average Bonchev–Trinajstić information content (AvgIpc) is 3.06. The standard InChI is InChI=1S/C18H12FN3O2/c1-10-2-4-11(5-3-10)17-21-18(24-22-17)14-9-20-15-7-6-12(19)8-13(15)16(14)23/h2-9H,1H3,(H,20,23). The van der Waals surface area contributed by atoms with Crippen molar-refractivity contribution in [1.29, 1.82) is 0 Å². The number of pyridine rings is 1. The first-order chi connectivity index (χ1) is 11.6. The van der Waals surface area contributed by atoms with Gasteiger partial charge in [0, 0.05) is 22.7 Å². The summed E-state index contributed by atoms with van der Waals surface area (Å²) < 4.78 is 18.6. The fourth-order valence-corrected chi connectivity index (χ4v) is 2.50. The first-order valence-electron chi connectivity index (χ1n) is 7.34. The minimum atomic E-state index is -0.476. The Kier molecular flexibility index (Phi) is 3.23. The van der Waals surface area contributed by atoms with E-state index in [1.54, 1.807) is 0 Å². The molecule has 0 aliphatic heterocycles. The molecule has 0 unspecified atom stereocenters. The second-order valence-corrected chi connectivity index (χ2v) is 5.51. The lowest BCUT2D eigenvalue weighted by Gasteiger charge is -1.99. The topological polar surface area (TPSA) is 71.8 Å². The van der Waals surface area contributed by atoms with Gasteiger partial charge in [-0.25, -0.2) is 4.39 Å². The van der Waals surface area contributed by atoms with Crippen LogP contribution in [-0.2, 0) is 0 Å². The molecule has 0 spiro atoms. The molecule has 118 valence electrons. The smallest absolute Gasteiger partial charge is 0.263 e. The normalized spacial score (nSPS) is 11.1. The highest BCUT2D eigenvalue weighted by atomic mass is 19.1. The number of hydrogen-bond acceptors (Lipinski definition) is 4. The second kappa shape index (κ2) is 5.42. The third-order valence-electron chi connectivity index (χ3n) is 3.81. The Bertz CT molecular complexity index is 1100. The van der Waals surface area contributed by atoms with E-state index in [4.69, 9.17) is 4.52 Å². The van der Waals surface area contributed by atoms with Gasteiger partial charge in [0.25, 0.3) is 5.89 Å². The molecule has 1 N–H and O–H groups in total. The Labute approximate surface area is 135 Å². The van der Waals surface area contributed by atoms with Gasteiger partial charge in [0.2, 0.25) is 11.3 Å². The van der Waals surface area contributed by atoms with Gasteiger partial charge in [-0.2, -0.15) is 4.98 Å². The fraction of sp³-hybridized carbons (Fsp3) is 0.0556. The maximum Gasteiger partial charge on any atom is 0.263 e. The van der Waals surface area contributed by atoms with Crippen LogP contribution in [0.3, 0.4) is 0 Å². The van der Waals surface area contributed by atoms with Gasteiger partial charge in [0.15, 0.2) is 0 Å². The highest BCUT2D eigenvalue weighted by Gasteiger charge is 2.15. The Morgan fingerprint density at radius 2 is 1.92 bits per heavy atom. The molecule has 0 saturated heterocycles. The number of H-pyrrole nitrogens is 1. The summed E-state index contributed by atoms with van der Waals surface area (Å²) in [4.78, 5) is 19.8. The van der Waals surface area contributed by atoms with E-state index < -0.39 is 5.82 Å². The van der Waals surface area contributed by atoms with Crippen molar-refractivity contribution in [2.45, 2.75) is 6.92 Å². The molecule has 6 heteroatoms. The number of rotatable bonds is 2. The molecule has 24 heavy (non-hydrogen) atoms. The second-order valence-electron chi connectivity index (χ2n) is 5.51. The summed E-state index contributed by atoms with van der Waals surface area (Å²) in [5.74, 6) is 0.0118. The van der Waals surface area contributed by atoms with Crippen LogP contribution in [0.25, 0.3) is 33.7 Å². The van der Waals surface area contributed by atoms with Crippen LogP contribution < -0.4 is 5.43 Å². The summed E-state index contributed by atoms with van der Waals surface area (Å²) in [7, 11) is 0. The number of benzene rings is 2. The van der Waals surface area contributed by atoms with E-state index in [0.29, 0.717) is 11.3 Å². The van der Waals surface area contributed by atoms with E-state index in [0.717, 1.165) is 11.1 Å². The Hall–Kier alpha value is -3.28. The average molecular weight is 321 g/mol. The molecule has 4 rings (SSSR count). The summed E-state index contributed by atoms with van der Waals surface area (Å²) in [6.45, 7) is 1.99. The van der Waals surface area contributed by atoms with Gasteiger partial charge in [-0.15, -0.1) is 0 Å². The number of fused-ring (bicyclic) bond motifs is 1. The molecule has 0 amide bonds. The van der Waals surface area contributed by atoms with Crippen LogP contribution in [0.15, 0.2) is 58.0 Å². The maximum atomic E-state index is 13.4. The van der Waals surface area contributed by atoms with E-state index in [1.165, 1.54) is 24.4 Å². The largest absolute Gasteiger partial charge is 0.360 e. The van der Waals surface area contributed by atoms with Crippen molar-refractivity contribution >= 4 is 10.9 Å². The van der Waals surface area contributed by atoms with Crippen molar-refractivity contribution in [3.63, 3.8) is 0 Å². The van der Waals surface area contributed by atoms with Crippen molar-refractivity contribution in [3.8, 4) is 22.8 Å². The molecule has 4 aromatic rings. The lowest BCUT2D eigenvalue weighted by Crippen LogP contribution is -2.06. The Balaban J connectivity index is 1.82. The zero-order valence-corrected chi connectivity index (χ0v) is 12.7. The van der Waals surface area contributed by atoms with Gasteiger partial charge in [0.05, 0.1) is 0 Å². The van der Waals surface area contributed by atoms with Gasteiger partial charge in [-0.3, -0.25) is 4.79 Å². The first kappa shape index (κ1) is 14.3. The minimum Gasteiger partial charge on any atom is -0.360 e. The van der Waals surface area contributed by atoms with Gasteiger partial charge in [-0.05, 0) is 25.1 Å². The van der Waals surface area contributed by atoms with Crippen LogP contribution in [0.5, 0.6) is 0 Å². The number of aromatic nitrogens is 3. The van der Waals surface area contributed by atoms with Crippen molar-refractivity contribution < 1.29 is 8.91 Å². The molecule has 2 heterocycles. The summed E-state index contributed by atoms with van der Waals surface area (Å²) in [5, 5.41) is 4.16. The molecule has 0 saturated carbocycles. The van der Waals surface area contributed by atoms with Gasteiger partial charge in [-0.1, -0.05) is 35.0 Å². The van der Waals surface area contributed by atoms with Crippen LogP contribution >= 0.6 is 0 Å². The van der Waals surface area contributed by atoms with E-state index in [9.17, 15) is 9.18 Å². The number of hydrogen-bond donors (Lipinski definition) is 1. The van der Waals surface area contributed by atoms with Gasteiger partial charge >= 0.3 is 0 Å². The van der Waals surface area contributed by atoms with Gasteiger partial charge < -0.3 is 9.51 Å². The van der Waals surface area contributed by atoms with Crippen molar-refractivity contribution in [2.24, 2.45) is 0 Å². The van der Waals surface area contributed by atoms with Gasteiger partial charge in [0.1, 0.15) is 11.4 Å². The molecule has 2 aromatic heterocycles. The SMILES string of the molecule is Cc1ccc(-c2noc(-c3c[nH]c4ccc(F)cc4c3=O)n2)cc1. The number of aromatic amines is 1. The predicted octanol–water partition coefficient (Wildman–Crippen LogP) is 3.69. The number of aryl methyl sites for hydroxylation is 1. The van der Waals surface area contributed by atoms with Crippen molar-refractivity contribution in [2.75, 3.05) is 0 Å². The zero-order chi connectivity index (χ0) is 16.7. The summed E-state index contributed by atoms with van der Waals surface area (Å²) in [6, 6.07) is 11.6. The third-order valence-corrected chi connectivity index (χ3v) is 3.81. The highest BCUT2D eigenvalue weighted by molar-refractivity contribution is 5.82. The number of halogens is 1. The number of nitrogens with one attached hydrogen (secondary N) is 1. The summed E-state index contributed by atoms with van der Waals surface area (Å²) >= 11 is 0. The molecular weight excluding hydrogens is 309 g/mol. The molecule has 0 aliphatic carbocycles. The molecule has 0 bridgehead atoms. The van der Waals surface area contributed by atoms with E-state index in [1.807, 2.05) is 31.2 Å². The maximum absolute atomic E-state index is 13.4. The molecule has 0 fully saturated rings. The number of nitrogens with zero attached hydrogens (tertiary/aromatic N) is 2. The molecule has 2 aromatic carbocycles. The molecule has 0 radical (unpaired) electrons. The van der Waals surface area contributed by atoms with Crippen LogP contribution in [0.1, 0.15) is 5.56 Å². The van der Waals surface area contributed by atoms with Crippen LogP contribution in [0.4, 0.5) is 4.39 Å². The monoisotopic (exact) mass is 321 g/mol. The van der Waals surface area contributed by atoms with E-state index in [2.05, 4.69) is 15.1 Å². The summed E-state index contributed by atoms with van der Waals surface area (Å²) in [6.07, 6.45) is 1.50. The van der Waals surface area contributed by atoms with Crippen molar-refractivity contribution in [1.82, 2.24) is 15.1 Å². The van der Waals surface area contributed by atoms with Crippen molar-refractivity contribution in [3.05, 3.63) is 70.3 Å². The van der Waals surface area contributed by atoms with Crippen LogP contribution in [0, 0.1) is 12.7 Å². The Morgan fingerprint density at radius 1 is 1.12 bits per heavy atom. The van der Waals surface area contributed by atoms with Crippen LogP contribution in [-0.4, -0.2) is 15.1 Å². The molecule has 0 atom stereocenters. The minimum absolute atomic E-state index is 0.0954. The lowest BCUT2D eigenvalue weighted by molar-refractivity contribution is 0.432. The van der Waals surface area contributed by atoms with E-state index >= 15 is 0 Å². The quantitative estimate of drug-likeness (QED) is 0.611. The van der Waals surface area contributed by atoms with E-state index in [-0.39, 0.29) is 22.3 Å². The fourth-order valence-electron chi connectivity index (χ4n) is 2.50. The lowest BCUT2D eigenvalue weighted by atomic mass is 10.1. The van der Waals surface area contributed by atoms with Crippen LogP contribution in [0.2, 0.25) is 0 Å². The summed E-state index contributed by atoms with van der Waals surface area (Å²) in [5.41, 5.74) is 2.30. The first-order valence-corrected chi connectivity index (χ1v) is 7.34. The predicted molar refractivity (Wildman–Crippen MR) is 88.0 cm³/mol.